The van der Waals surface area contributed by atoms with Crippen molar-refractivity contribution in [3.05, 3.63) is 60.1 Å². The quantitative estimate of drug-likeness (QED) is 0.370. The highest BCUT2D eigenvalue weighted by atomic mass is 19.4. The summed E-state index contributed by atoms with van der Waals surface area (Å²) in [5, 5.41) is 22.5. The van der Waals surface area contributed by atoms with E-state index < -0.39 is 30.3 Å². The molecule has 0 atom stereocenters. The van der Waals surface area contributed by atoms with E-state index in [0.717, 1.165) is 0 Å². The van der Waals surface area contributed by atoms with Crippen LogP contribution in [0.15, 0.2) is 53.9 Å². The molecule has 2 N–H and O–H groups in total. The first-order chi connectivity index (χ1) is 19.6. The van der Waals surface area contributed by atoms with Crippen molar-refractivity contribution in [1.82, 2.24) is 19.5 Å². The van der Waals surface area contributed by atoms with Gasteiger partial charge in [-0.1, -0.05) is 18.2 Å². The average molecular weight is 563 g/mol. The van der Waals surface area contributed by atoms with Gasteiger partial charge < -0.3 is 10.6 Å². The van der Waals surface area contributed by atoms with Crippen LogP contribution in [0.5, 0.6) is 0 Å². The Bertz CT molecular complexity index is 1600. The summed E-state index contributed by atoms with van der Waals surface area (Å²) >= 11 is 0. The molecule has 1 aliphatic heterocycles. The number of fused-ring (bicyclic) bond motifs is 1. The van der Waals surface area contributed by atoms with E-state index in [4.69, 9.17) is 11.0 Å². The van der Waals surface area contributed by atoms with Gasteiger partial charge in [0.1, 0.15) is 17.7 Å². The van der Waals surface area contributed by atoms with Crippen LogP contribution in [0.2, 0.25) is 0 Å². The van der Waals surface area contributed by atoms with Crippen molar-refractivity contribution in [1.29, 1.82) is 10.5 Å². The summed E-state index contributed by atoms with van der Waals surface area (Å²) in [6, 6.07) is 12.6. The first-order valence-electron chi connectivity index (χ1n) is 12.6. The number of hydrogen-bond donors (Lipinski definition) is 1. The number of allylic oxidation sites excluding steroid dienone is 1. The normalized spacial score (nSPS) is 15.0. The number of carbonyl (C=O) groups is 2. The number of aromatic nitrogens is 3. The number of hydrogen-bond acceptors (Lipinski definition) is 8. The number of nitriles is 2. The fourth-order valence-corrected chi connectivity index (χ4v) is 4.50. The monoisotopic (exact) mass is 562 g/mol. The molecule has 1 aliphatic rings. The molecular formula is C28H25F3N8O2. The molecule has 41 heavy (non-hydrogen) atoms. The minimum Gasteiger partial charge on any atom is -0.404 e. The van der Waals surface area contributed by atoms with Gasteiger partial charge in [0.05, 0.1) is 43.1 Å². The molecule has 0 saturated carbocycles. The molecule has 0 spiro atoms. The first-order valence-corrected chi connectivity index (χ1v) is 12.6. The predicted octanol–water partition coefficient (Wildman–Crippen LogP) is 3.63. The number of benzene rings is 1. The van der Waals surface area contributed by atoms with Crippen LogP contribution >= 0.6 is 0 Å². The van der Waals surface area contributed by atoms with Gasteiger partial charge in [-0.05, 0) is 17.7 Å². The van der Waals surface area contributed by atoms with Crippen molar-refractivity contribution in [2.75, 3.05) is 13.1 Å². The summed E-state index contributed by atoms with van der Waals surface area (Å²) in [4.78, 5) is 34.5. The molecule has 1 aromatic carbocycles. The lowest BCUT2D eigenvalue weighted by Gasteiger charge is -2.46. The zero-order valence-electron chi connectivity index (χ0n) is 21.8. The van der Waals surface area contributed by atoms with Gasteiger partial charge in [0, 0.05) is 55.0 Å². The summed E-state index contributed by atoms with van der Waals surface area (Å²) in [6.45, 7) is 0.451. The Labute approximate surface area is 233 Å². The summed E-state index contributed by atoms with van der Waals surface area (Å²) < 4.78 is 38.9. The molecule has 0 radical (unpaired) electrons. The van der Waals surface area contributed by atoms with E-state index in [-0.39, 0.29) is 38.3 Å². The van der Waals surface area contributed by atoms with Gasteiger partial charge in [0.15, 0.2) is 5.65 Å². The van der Waals surface area contributed by atoms with Crippen molar-refractivity contribution in [2.45, 2.75) is 43.8 Å². The standard InChI is InChI=1S/C28H25F3N8O2/c29-28(30,31)6-4-23(40)11-19-2-1-3-20(10-19)24-16-35-25-12-21(15-37-39(24)25)22(13-34)14-36-27(7-9-33)17-38(18-27)26(41)5-8-32/h1-3,10,12-16H,4-7,11,17-18,34H2. The highest BCUT2D eigenvalue weighted by molar-refractivity contribution is 6.10. The molecular weight excluding hydrogens is 537 g/mol. The number of nitrogens with two attached hydrogens (primary N) is 1. The van der Waals surface area contributed by atoms with Gasteiger partial charge in [0.2, 0.25) is 5.91 Å². The SMILES string of the molecule is N#CCC(=O)N1CC(CC#N)(N=CC(=CN)c2cnn3c(-c4cccc(CC(=O)CCC(F)(F)F)c4)cnc3c2)C1. The van der Waals surface area contributed by atoms with Gasteiger partial charge in [-0.15, -0.1) is 0 Å². The number of ketones is 1. The van der Waals surface area contributed by atoms with Crippen LogP contribution in [-0.4, -0.2) is 62.2 Å². The van der Waals surface area contributed by atoms with E-state index in [1.807, 2.05) is 6.07 Å². The molecule has 10 nitrogen and oxygen atoms in total. The number of amides is 1. The van der Waals surface area contributed by atoms with Crippen molar-refractivity contribution in [2.24, 2.45) is 10.7 Å². The van der Waals surface area contributed by atoms with Gasteiger partial charge in [-0.3, -0.25) is 14.6 Å². The first kappa shape index (κ1) is 29.0. The van der Waals surface area contributed by atoms with E-state index in [9.17, 15) is 28.0 Å². The Morgan fingerprint density at radius 1 is 1.17 bits per heavy atom. The second-order valence-corrected chi connectivity index (χ2v) is 9.71. The number of aliphatic imine (C=N–C) groups is 1. The van der Waals surface area contributed by atoms with Gasteiger partial charge in [0.25, 0.3) is 0 Å². The molecule has 3 aromatic rings. The fourth-order valence-electron chi connectivity index (χ4n) is 4.50. The Morgan fingerprint density at radius 3 is 2.63 bits per heavy atom. The number of rotatable bonds is 10. The molecule has 0 aliphatic carbocycles. The maximum Gasteiger partial charge on any atom is 0.389 e. The van der Waals surface area contributed by atoms with Gasteiger partial charge in [-0.25, -0.2) is 9.50 Å². The lowest BCUT2D eigenvalue weighted by molar-refractivity contribution is -0.143. The minimum atomic E-state index is -4.38. The molecule has 210 valence electrons. The Hall–Kier alpha value is -5.04. The summed E-state index contributed by atoms with van der Waals surface area (Å²) in [5.74, 6) is -0.808. The van der Waals surface area contributed by atoms with Crippen molar-refractivity contribution in [3.8, 4) is 23.4 Å². The molecule has 1 fully saturated rings. The Morgan fingerprint density at radius 2 is 1.95 bits per heavy atom. The number of likely N-dealkylation sites (tertiary alicyclic amines) is 1. The summed E-state index contributed by atoms with van der Waals surface area (Å²) in [5.41, 5.74) is 8.57. The zero-order chi connectivity index (χ0) is 29.6. The third kappa shape index (κ3) is 6.94. The van der Waals surface area contributed by atoms with E-state index in [2.05, 4.69) is 21.1 Å². The van der Waals surface area contributed by atoms with Gasteiger partial charge in [-0.2, -0.15) is 28.8 Å². The maximum atomic E-state index is 12.4. The zero-order valence-corrected chi connectivity index (χ0v) is 21.8. The number of alkyl halides is 3. The van der Waals surface area contributed by atoms with Crippen LogP contribution in [0.1, 0.15) is 36.8 Å². The highest BCUT2D eigenvalue weighted by Gasteiger charge is 2.44. The second-order valence-electron chi connectivity index (χ2n) is 9.71. The van der Waals surface area contributed by atoms with Crippen LogP contribution < -0.4 is 5.73 Å². The van der Waals surface area contributed by atoms with E-state index in [1.54, 1.807) is 47.2 Å². The highest BCUT2D eigenvalue weighted by Crippen LogP contribution is 2.30. The van der Waals surface area contributed by atoms with Crippen LogP contribution in [0.3, 0.4) is 0 Å². The molecule has 2 aromatic heterocycles. The molecule has 1 saturated heterocycles. The predicted molar refractivity (Wildman–Crippen MR) is 143 cm³/mol. The summed E-state index contributed by atoms with van der Waals surface area (Å²) in [6.07, 6.45) is -0.310. The van der Waals surface area contributed by atoms with Crippen LogP contribution in [0, 0.1) is 22.7 Å². The van der Waals surface area contributed by atoms with Crippen molar-refractivity contribution in [3.63, 3.8) is 0 Å². The summed E-state index contributed by atoms with van der Waals surface area (Å²) in [7, 11) is 0. The third-order valence-corrected chi connectivity index (χ3v) is 6.62. The molecule has 3 heterocycles. The largest absolute Gasteiger partial charge is 0.404 e. The maximum absolute atomic E-state index is 12.4. The van der Waals surface area contributed by atoms with Crippen molar-refractivity contribution >= 4 is 29.1 Å². The number of halogens is 3. The number of Topliss-reactive ketones (excluding diaryl/α,β-unsaturated/α-hetero) is 1. The molecule has 0 unspecified atom stereocenters. The number of imidazole rings is 1. The number of nitrogens with zero attached hydrogens (tertiary/aromatic N) is 7. The fraction of sp³-hybridized carbons (Fsp3) is 0.321. The molecule has 13 heteroatoms. The average Bonchev–Trinajstić information content (AvgIpc) is 3.34. The molecule has 1 amide bonds. The Balaban J connectivity index is 1.50. The smallest absolute Gasteiger partial charge is 0.389 e. The van der Waals surface area contributed by atoms with E-state index in [1.165, 1.54) is 17.3 Å². The topological polar surface area (TPSA) is 154 Å². The molecule has 4 rings (SSSR count). The van der Waals surface area contributed by atoms with Crippen molar-refractivity contribution < 1.29 is 22.8 Å². The Kier molecular flexibility index (Phi) is 8.48. The number of carbonyl (C=O) groups excluding carboxylic acids is 2. The third-order valence-electron chi connectivity index (χ3n) is 6.62. The van der Waals surface area contributed by atoms with Crippen LogP contribution in [0.25, 0.3) is 22.5 Å². The second kappa shape index (κ2) is 12.0. The van der Waals surface area contributed by atoms with Gasteiger partial charge >= 0.3 is 6.18 Å². The van der Waals surface area contributed by atoms with E-state index in [0.29, 0.717) is 33.6 Å². The molecule has 0 bridgehead atoms. The lowest BCUT2D eigenvalue weighted by atomic mass is 9.87. The van der Waals surface area contributed by atoms with Crippen LogP contribution in [0.4, 0.5) is 13.2 Å². The minimum absolute atomic E-state index is 0.0889. The lowest BCUT2D eigenvalue weighted by Crippen LogP contribution is -2.62. The van der Waals surface area contributed by atoms with Crippen LogP contribution in [-0.2, 0) is 16.0 Å². The van der Waals surface area contributed by atoms with E-state index >= 15 is 0 Å².